The van der Waals surface area contributed by atoms with E-state index in [-0.39, 0.29) is 23.2 Å². The van der Waals surface area contributed by atoms with Gasteiger partial charge in [0.05, 0.1) is 5.41 Å². The number of carbonyl (C=O) groups is 1. The molecule has 3 saturated heterocycles. The van der Waals surface area contributed by atoms with Crippen LogP contribution in [0.3, 0.4) is 0 Å². The van der Waals surface area contributed by atoms with Crippen LogP contribution in [0.4, 0.5) is 15.9 Å². The molecule has 0 bridgehead atoms. The predicted molar refractivity (Wildman–Crippen MR) is 121 cm³/mol. The number of hydrogen-bond donors (Lipinski definition) is 1. The summed E-state index contributed by atoms with van der Waals surface area (Å²) in [5, 5.41) is 7.32. The number of piperazine rings is 1. The van der Waals surface area contributed by atoms with Crippen molar-refractivity contribution < 1.29 is 13.7 Å². The molecular weight excluding hydrogens is 409 g/mol. The van der Waals surface area contributed by atoms with Crippen LogP contribution >= 0.6 is 0 Å². The summed E-state index contributed by atoms with van der Waals surface area (Å²) in [5.74, 6) is 0.903. The lowest BCUT2D eigenvalue weighted by atomic mass is 9.75. The van der Waals surface area contributed by atoms with Crippen LogP contribution in [-0.2, 0) is 4.79 Å². The van der Waals surface area contributed by atoms with Crippen LogP contribution in [0, 0.1) is 11.2 Å². The van der Waals surface area contributed by atoms with Crippen LogP contribution in [0.5, 0.6) is 0 Å². The lowest BCUT2D eigenvalue weighted by Crippen LogP contribution is -2.52. The van der Waals surface area contributed by atoms with Crippen molar-refractivity contribution in [2.45, 2.75) is 44.7 Å². The van der Waals surface area contributed by atoms with Gasteiger partial charge in [-0.25, -0.2) is 4.39 Å². The zero-order chi connectivity index (χ0) is 22.1. The molecule has 1 amide bonds. The van der Waals surface area contributed by atoms with E-state index in [4.69, 9.17) is 4.52 Å². The molecule has 0 aliphatic carbocycles. The number of aromatic nitrogens is 1. The molecule has 3 fully saturated rings. The first-order valence-corrected chi connectivity index (χ1v) is 11.7. The van der Waals surface area contributed by atoms with Crippen LogP contribution in [0.1, 0.15) is 32.6 Å². The molecule has 3 aliphatic heterocycles. The number of benzene rings is 1. The first kappa shape index (κ1) is 21.2. The average Bonchev–Trinajstić information content (AvgIpc) is 3.43. The molecule has 0 saturated carbocycles. The summed E-state index contributed by atoms with van der Waals surface area (Å²) in [6.07, 6.45) is 5.26. The van der Waals surface area contributed by atoms with Crippen molar-refractivity contribution >= 4 is 17.4 Å². The molecule has 8 heteroatoms. The molecule has 0 unspecified atom stereocenters. The van der Waals surface area contributed by atoms with Gasteiger partial charge in [0.25, 0.3) is 0 Å². The molecule has 2 aromatic rings. The molecule has 3 aliphatic rings. The number of carbonyl (C=O) groups excluding carboxylic acids is 1. The average molecular weight is 442 g/mol. The number of hydrogen-bond acceptors (Lipinski definition) is 6. The van der Waals surface area contributed by atoms with Crippen molar-refractivity contribution in [3.63, 3.8) is 0 Å². The fourth-order valence-electron chi connectivity index (χ4n) is 5.68. The normalized spacial score (nSPS) is 26.0. The monoisotopic (exact) mass is 441 g/mol. The fraction of sp³-hybridized carbons (Fsp3) is 0.583. The highest BCUT2D eigenvalue weighted by Gasteiger charge is 2.48. The Hall–Kier alpha value is -2.61. The first-order chi connectivity index (χ1) is 15.5. The SMILES string of the molecule is C[C@H]1CN(CC[C@H]2CC3(CCN(c4ccon4)CC3)C(=O)N2)CCN1c1ccc(F)cc1. The first-order valence-electron chi connectivity index (χ1n) is 11.7. The van der Waals surface area contributed by atoms with E-state index in [0.29, 0.717) is 6.04 Å². The number of amides is 1. The largest absolute Gasteiger partial charge is 0.366 e. The second kappa shape index (κ2) is 8.73. The van der Waals surface area contributed by atoms with Gasteiger partial charge in [0.1, 0.15) is 12.1 Å². The van der Waals surface area contributed by atoms with E-state index in [1.54, 1.807) is 6.26 Å². The predicted octanol–water partition coefficient (Wildman–Crippen LogP) is 2.89. The Kier molecular flexibility index (Phi) is 5.80. The summed E-state index contributed by atoms with van der Waals surface area (Å²) >= 11 is 0. The summed E-state index contributed by atoms with van der Waals surface area (Å²) in [5.41, 5.74) is 0.861. The van der Waals surface area contributed by atoms with E-state index < -0.39 is 0 Å². The van der Waals surface area contributed by atoms with Gasteiger partial charge in [-0.3, -0.25) is 9.69 Å². The summed E-state index contributed by atoms with van der Waals surface area (Å²) < 4.78 is 18.2. The van der Waals surface area contributed by atoms with Crippen LogP contribution in [0.25, 0.3) is 0 Å². The highest BCUT2D eigenvalue weighted by atomic mass is 19.1. The third kappa shape index (κ3) is 4.20. The maximum Gasteiger partial charge on any atom is 0.226 e. The third-order valence-electron chi connectivity index (χ3n) is 7.59. The van der Waals surface area contributed by atoms with E-state index >= 15 is 0 Å². The Balaban J connectivity index is 1.10. The molecule has 1 aromatic heterocycles. The number of piperidine rings is 1. The summed E-state index contributed by atoms with van der Waals surface area (Å²) in [6.45, 7) is 7.81. The van der Waals surface area contributed by atoms with Gasteiger partial charge in [-0.2, -0.15) is 0 Å². The van der Waals surface area contributed by atoms with Gasteiger partial charge < -0.3 is 19.6 Å². The van der Waals surface area contributed by atoms with Gasteiger partial charge >= 0.3 is 0 Å². The smallest absolute Gasteiger partial charge is 0.226 e. The van der Waals surface area contributed by atoms with Gasteiger partial charge in [0, 0.05) is 63.1 Å². The second-order valence-electron chi connectivity index (χ2n) is 9.61. The number of halogens is 1. The van der Waals surface area contributed by atoms with E-state index in [9.17, 15) is 9.18 Å². The quantitative estimate of drug-likeness (QED) is 0.770. The van der Waals surface area contributed by atoms with Crippen molar-refractivity contribution in [2.75, 3.05) is 49.1 Å². The van der Waals surface area contributed by atoms with Gasteiger partial charge in [0.15, 0.2) is 5.82 Å². The van der Waals surface area contributed by atoms with Gasteiger partial charge in [-0.05, 0) is 56.9 Å². The zero-order valence-electron chi connectivity index (χ0n) is 18.7. The molecular formula is C24H32FN5O2. The molecule has 5 rings (SSSR count). The minimum Gasteiger partial charge on any atom is -0.366 e. The second-order valence-corrected chi connectivity index (χ2v) is 9.61. The van der Waals surface area contributed by atoms with E-state index in [2.05, 4.69) is 32.1 Å². The fourth-order valence-corrected chi connectivity index (χ4v) is 5.68. The molecule has 2 atom stereocenters. The molecule has 32 heavy (non-hydrogen) atoms. The van der Waals surface area contributed by atoms with Crippen molar-refractivity contribution in [1.29, 1.82) is 0 Å². The number of nitrogens with one attached hydrogen (secondary N) is 1. The highest BCUT2D eigenvalue weighted by Crippen LogP contribution is 2.41. The standard InChI is InChI=1S/C24H32FN5O2/c1-18-17-28(13-14-30(18)21-4-2-19(25)3-5-21)10-6-20-16-24(23(31)26-20)8-11-29(12-9-24)22-7-15-32-27-22/h2-5,7,15,18,20H,6,8-14,16-17H2,1H3,(H,26,31)/t18-,20-/m0/s1. The van der Waals surface area contributed by atoms with E-state index in [1.807, 2.05) is 18.2 Å². The minimum absolute atomic E-state index is 0.194. The molecule has 1 aromatic carbocycles. The summed E-state index contributed by atoms with van der Waals surface area (Å²) in [6, 6.07) is 9.30. The minimum atomic E-state index is -0.223. The number of nitrogens with zero attached hydrogens (tertiary/aromatic N) is 4. The highest BCUT2D eigenvalue weighted by molar-refractivity contribution is 5.85. The van der Waals surface area contributed by atoms with E-state index in [1.165, 1.54) is 12.1 Å². The molecule has 1 spiro atoms. The maximum atomic E-state index is 13.2. The van der Waals surface area contributed by atoms with Crippen LogP contribution < -0.4 is 15.1 Å². The van der Waals surface area contributed by atoms with Crippen molar-refractivity contribution in [3.8, 4) is 0 Å². The van der Waals surface area contributed by atoms with Crippen LogP contribution in [0.15, 0.2) is 41.1 Å². The van der Waals surface area contributed by atoms with Crippen molar-refractivity contribution in [3.05, 3.63) is 42.4 Å². The molecule has 0 radical (unpaired) electrons. The topological polar surface area (TPSA) is 64.9 Å². The molecule has 1 N–H and O–H groups in total. The third-order valence-corrected chi connectivity index (χ3v) is 7.59. The molecule has 4 heterocycles. The van der Waals surface area contributed by atoms with Gasteiger partial charge in [-0.1, -0.05) is 5.16 Å². The molecule has 172 valence electrons. The zero-order valence-corrected chi connectivity index (χ0v) is 18.7. The Bertz CT molecular complexity index is 911. The van der Waals surface area contributed by atoms with E-state index in [0.717, 1.165) is 76.5 Å². The number of anilines is 2. The Labute approximate surface area is 188 Å². The summed E-state index contributed by atoms with van der Waals surface area (Å²) in [4.78, 5) is 19.9. The van der Waals surface area contributed by atoms with Crippen molar-refractivity contribution in [2.24, 2.45) is 5.41 Å². The number of rotatable bonds is 5. The Morgan fingerprint density at radius 3 is 2.62 bits per heavy atom. The summed E-state index contributed by atoms with van der Waals surface area (Å²) in [7, 11) is 0. The maximum absolute atomic E-state index is 13.2. The van der Waals surface area contributed by atoms with Gasteiger partial charge in [-0.15, -0.1) is 0 Å². The lowest BCUT2D eigenvalue weighted by Gasteiger charge is -2.41. The molecule has 7 nitrogen and oxygen atoms in total. The Morgan fingerprint density at radius 1 is 1.16 bits per heavy atom. The van der Waals surface area contributed by atoms with Crippen LogP contribution in [0.2, 0.25) is 0 Å². The van der Waals surface area contributed by atoms with Gasteiger partial charge in [0.2, 0.25) is 5.91 Å². The lowest BCUT2D eigenvalue weighted by molar-refractivity contribution is -0.128. The van der Waals surface area contributed by atoms with Crippen molar-refractivity contribution in [1.82, 2.24) is 15.4 Å². The Morgan fingerprint density at radius 2 is 1.94 bits per heavy atom. The van der Waals surface area contributed by atoms with Crippen LogP contribution in [-0.4, -0.2) is 67.3 Å².